The van der Waals surface area contributed by atoms with Crippen LogP contribution in [0.4, 0.5) is 0 Å². The van der Waals surface area contributed by atoms with Gasteiger partial charge in [-0.05, 0) is 0 Å². The van der Waals surface area contributed by atoms with Crippen LogP contribution >= 0.6 is 0 Å². The second-order valence-electron chi connectivity index (χ2n) is 2.35. The number of hydrogen-bond acceptors (Lipinski definition) is 2. The molecule has 0 amide bonds. The van der Waals surface area contributed by atoms with E-state index in [9.17, 15) is 3.74 Å². The first-order valence-electron chi connectivity index (χ1n) is 3.30. The van der Waals surface area contributed by atoms with E-state index in [1.807, 2.05) is 0 Å². The molecule has 2 N–H and O–H groups in total. The number of benzene rings is 1. The van der Waals surface area contributed by atoms with Crippen molar-refractivity contribution < 1.29 is 15.7 Å². The third-order valence-electron chi connectivity index (χ3n) is 1.31. The molecule has 0 spiro atoms. The molecular formula is C7H9AsO4. The summed E-state index contributed by atoms with van der Waals surface area (Å²) in [5, 5.41) is 0. The third kappa shape index (κ3) is 2.74. The molecule has 0 bridgehead atoms. The zero-order chi connectivity index (χ0) is 9.19. The van der Waals surface area contributed by atoms with Crippen molar-refractivity contribution in [3.63, 3.8) is 0 Å². The Labute approximate surface area is 73.2 Å². The average Bonchev–Trinajstić information content (AvgIpc) is 1.91. The van der Waals surface area contributed by atoms with Crippen LogP contribution in [0.2, 0.25) is 0 Å². The number of rotatable bonds is 2. The van der Waals surface area contributed by atoms with Gasteiger partial charge in [0.15, 0.2) is 0 Å². The molecule has 4 nitrogen and oxygen atoms in total. The van der Waals surface area contributed by atoms with Crippen molar-refractivity contribution in [3.8, 4) is 5.75 Å². The van der Waals surface area contributed by atoms with Gasteiger partial charge >= 0.3 is 72.7 Å². The molecule has 0 unspecified atom stereocenters. The van der Waals surface area contributed by atoms with Gasteiger partial charge in [0, 0.05) is 0 Å². The van der Waals surface area contributed by atoms with Crippen LogP contribution in [0.1, 0.15) is 5.56 Å². The second kappa shape index (κ2) is 3.35. The summed E-state index contributed by atoms with van der Waals surface area (Å²) in [7, 11) is 0. The maximum absolute atomic E-state index is 10.5. The maximum atomic E-state index is 10.5. The molecule has 5 heteroatoms. The van der Waals surface area contributed by atoms with E-state index in [1.54, 1.807) is 25.1 Å². The van der Waals surface area contributed by atoms with Gasteiger partial charge in [0.05, 0.1) is 0 Å². The summed E-state index contributed by atoms with van der Waals surface area (Å²) in [5.41, 5.74) is 0.710. The van der Waals surface area contributed by atoms with Crippen molar-refractivity contribution in [3.05, 3.63) is 29.8 Å². The van der Waals surface area contributed by atoms with Crippen molar-refractivity contribution in [1.82, 2.24) is 0 Å². The fourth-order valence-electron chi connectivity index (χ4n) is 0.787. The first kappa shape index (κ1) is 9.39. The van der Waals surface area contributed by atoms with Gasteiger partial charge < -0.3 is 0 Å². The van der Waals surface area contributed by atoms with Gasteiger partial charge in [-0.3, -0.25) is 0 Å². The Morgan fingerprint density at radius 1 is 1.33 bits per heavy atom. The standard InChI is InChI=1S/C7H9AsO4/c1-6-4-2-3-5-7(6)12-8(9,10)11/h2-5H,1H3,(H2,9,10,11). The van der Waals surface area contributed by atoms with Crippen LogP contribution in [0.15, 0.2) is 24.3 Å². The fraction of sp³-hybridized carbons (Fsp3) is 0.143. The van der Waals surface area contributed by atoms with Crippen molar-refractivity contribution >= 4 is 14.5 Å². The summed E-state index contributed by atoms with van der Waals surface area (Å²) in [6.45, 7) is 1.72. The molecule has 66 valence electrons. The van der Waals surface area contributed by atoms with Crippen LogP contribution in [0.25, 0.3) is 0 Å². The van der Waals surface area contributed by atoms with E-state index >= 15 is 0 Å². The zero-order valence-electron chi connectivity index (χ0n) is 6.47. The summed E-state index contributed by atoms with van der Waals surface area (Å²) >= 11 is -4.99. The van der Waals surface area contributed by atoms with E-state index in [-0.39, 0.29) is 5.75 Å². The van der Waals surface area contributed by atoms with Gasteiger partial charge in [-0.25, -0.2) is 0 Å². The van der Waals surface area contributed by atoms with Gasteiger partial charge in [-0.2, -0.15) is 0 Å². The molecule has 0 aliphatic carbocycles. The SMILES string of the molecule is Cc1ccccc1O[As](=O)(O)O. The second-order valence-corrected chi connectivity index (χ2v) is 4.79. The molecule has 0 aliphatic heterocycles. The zero-order valence-corrected chi connectivity index (χ0v) is 8.34. The molecule has 1 aromatic rings. The summed E-state index contributed by atoms with van der Waals surface area (Å²) < 4.78 is 32.0. The molecule has 1 rings (SSSR count). The Morgan fingerprint density at radius 2 is 1.92 bits per heavy atom. The molecule has 0 aromatic heterocycles. The predicted octanol–water partition coefficient (Wildman–Crippen LogP) is 0.225. The third-order valence-corrected chi connectivity index (χ3v) is 2.22. The van der Waals surface area contributed by atoms with E-state index in [0.717, 1.165) is 0 Å². The molecule has 0 atom stereocenters. The van der Waals surface area contributed by atoms with Crippen LogP contribution < -0.4 is 3.73 Å². The van der Waals surface area contributed by atoms with Crippen LogP contribution in [0.5, 0.6) is 5.75 Å². The first-order chi connectivity index (χ1) is 5.49. The predicted molar refractivity (Wildman–Crippen MR) is 42.7 cm³/mol. The summed E-state index contributed by atoms with van der Waals surface area (Å²) in [6, 6.07) is 6.68. The Hall–Kier alpha value is -0.702. The van der Waals surface area contributed by atoms with Crippen molar-refractivity contribution in [1.29, 1.82) is 0 Å². The molecule has 0 heterocycles. The van der Waals surface area contributed by atoms with Crippen molar-refractivity contribution in [2.24, 2.45) is 0 Å². The molecule has 0 aliphatic rings. The van der Waals surface area contributed by atoms with Crippen LogP contribution in [0, 0.1) is 6.92 Å². The summed E-state index contributed by atoms with van der Waals surface area (Å²) in [5.74, 6) is 0.241. The number of para-hydroxylation sites is 1. The van der Waals surface area contributed by atoms with E-state index in [2.05, 4.69) is 3.73 Å². The molecule has 0 radical (unpaired) electrons. The van der Waals surface area contributed by atoms with E-state index in [0.29, 0.717) is 5.56 Å². The molecular weight excluding hydrogens is 223 g/mol. The Balaban J connectivity index is 2.90. The number of hydrogen-bond donors (Lipinski definition) is 2. The Morgan fingerprint density at radius 3 is 2.42 bits per heavy atom. The minimum absolute atomic E-state index is 0.241. The van der Waals surface area contributed by atoms with Gasteiger partial charge in [0.2, 0.25) is 0 Å². The monoisotopic (exact) mass is 232 g/mol. The Bertz CT molecular complexity index is 317. The Kier molecular flexibility index (Phi) is 2.62. The number of aryl methyl sites for hydroxylation is 1. The van der Waals surface area contributed by atoms with Crippen molar-refractivity contribution in [2.75, 3.05) is 0 Å². The molecule has 1 aromatic carbocycles. The topological polar surface area (TPSA) is 66.8 Å². The van der Waals surface area contributed by atoms with Gasteiger partial charge in [-0.1, -0.05) is 0 Å². The molecule has 0 fully saturated rings. The fourth-order valence-corrected chi connectivity index (χ4v) is 1.75. The quantitative estimate of drug-likeness (QED) is 0.716. The summed E-state index contributed by atoms with van der Waals surface area (Å²) in [4.78, 5) is 0. The van der Waals surface area contributed by atoms with Gasteiger partial charge in [-0.15, -0.1) is 0 Å². The van der Waals surface area contributed by atoms with Gasteiger partial charge in [0.25, 0.3) is 0 Å². The van der Waals surface area contributed by atoms with Crippen LogP contribution in [-0.2, 0) is 3.74 Å². The van der Waals surface area contributed by atoms with Gasteiger partial charge in [0.1, 0.15) is 0 Å². The molecule has 0 saturated carbocycles. The molecule has 0 saturated heterocycles. The normalized spacial score (nSPS) is 11.2. The van der Waals surface area contributed by atoms with E-state index < -0.39 is 14.5 Å². The van der Waals surface area contributed by atoms with Crippen LogP contribution in [0.3, 0.4) is 0 Å². The first-order valence-corrected chi connectivity index (χ1v) is 6.51. The summed E-state index contributed by atoms with van der Waals surface area (Å²) in [6.07, 6.45) is 0. The van der Waals surface area contributed by atoms with Crippen LogP contribution in [-0.4, -0.2) is 22.7 Å². The van der Waals surface area contributed by atoms with E-state index in [1.165, 1.54) is 6.07 Å². The average molecular weight is 232 g/mol. The minimum atomic E-state index is -4.99. The van der Waals surface area contributed by atoms with Crippen molar-refractivity contribution in [2.45, 2.75) is 6.92 Å². The molecule has 12 heavy (non-hydrogen) atoms. The van der Waals surface area contributed by atoms with E-state index in [4.69, 9.17) is 8.19 Å².